The molecule has 0 spiro atoms. The molecule has 1 aromatic carbocycles. The molecule has 1 aliphatic heterocycles. The van der Waals surface area contributed by atoms with E-state index < -0.39 is 0 Å². The molecule has 0 bridgehead atoms. The molecule has 1 aromatic rings. The van der Waals surface area contributed by atoms with Crippen LogP contribution >= 0.6 is 0 Å². The van der Waals surface area contributed by atoms with Crippen molar-refractivity contribution in [2.75, 3.05) is 11.9 Å². The molecule has 1 saturated carbocycles. The lowest BCUT2D eigenvalue weighted by Crippen LogP contribution is -2.43. The number of nitrogens with two attached hydrogens (primary N) is 1. The Hall–Kier alpha value is -1.59. The van der Waals surface area contributed by atoms with Gasteiger partial charge in [0.15, 0.2) is 0 Å². The highest BCUT2D eigenvalue weighted by atomic mass is 16.5. The van der Waals surface area contributed by atoms with E-state index in [0.29, 0.717) is 12.5 Å². The van der Waals surface area contributed by atoms with Crippen LogP contribution in [0.4, 0.5) is 10.5 Å². The van der Waals surface area contributed by atoms with Crippen molar-refractivity contribution >= 4 is 11.7 Å². The minimum absolute atomic E-state index is 0.139. The van der Waals surface area contributed by atoms with E-state index in [2.05, 4.69) is 10.6 Å². The Bertz CT molecular complexity index is 488. The van der Waals surface area contributed by atoms with Crippen LogP contribution in [0.1, 0.15) is 24.8 Å². The highest BCUT2D eigenvalue weighted by Gasteiger charge is 2.41. The van der Waals surface area contributed by atoms with Crippen molar-refractivity contribution in [3.05, 3.63) is 29.8 Å². The number of carbonyl (C=O) groups excluding carboxylic acids is 1. The van der Waals surface area contributed by atoms with Crippen LogP contribution in [-0.2, 0) is 11.3 Å². The fourth-order valence-electron chi connectivity index (χ4n) is 2.77. The Morgan fingerprint density at radius 1 is 1.35 bits per heavy atom. The van der Waals surface area contributed by atoms with Gasteiger partial charge < -0.3 is 21.1 Å². The molecule has 1 aliphatic carbocycles. The van der Waals surface area contributed by atoms with Gasteiger partial charge in [0.05, 0.1) is 12.1 Å². The second-order valence-electron chi connectivity index (χ2n) is 5.57. The van der Waals surface area contributed by atoms with Crippen LogP contribution < -0.4 is 16.4 Å². The number of benzene rings is 1. The molecule has 108 valence electrons. The Morgan fingerprint density at radius 3 is 2.95 bits per heavy atom. The minimum atomic E-state index is -0.166. The highest BCUT2D eigenvalue weighted by Crippen LogP contribution is 2.38. The molecule has 5 heteroatoms. The van der Waals surface area contributed by atoms with Crippen molar-refractivity contribution < 1.29 is 9.53 Å². The van der Waals surface area contributed by atoms with E-state index in [1.807, 2.05) is 24.3 Å². The maximum absolute atomic E-state index is 12.0. The quantitative estimate of drug-likeness (QED) is 0.784. The first-order valence-corrected chi connectivity index (χ1v) is 7.24. The zero-order valence-electron chi connectivity index (χ0n) is 11.5. The maximum atomic E-state index is 12.0. The molecular formula is C15H21N3O2. The van der Waals surface area contributed by atoms with Gasteiger partial charge in [-0.15, -0.1) is 0 Å². The first-order valence-electron chi connectivity index (χ1n) is 7.24. The summed E-state index contributed by atoms with van der Waals surface area (Å²) in [7, 11) is 0. The molecule has 2 fully saturated rings. The lowest BCUT2D eigenvalue weighted by atomic mass is 10.1. The average Bonchev–Trinajstić information content (AvgIpc) is 3.19. The number of anilines is 1. The van der Waals surface area contributed by atoms with Gasteiger partial charge in [-0.3, -0.25) is 0 Å². The van der Waals surface area contributed by atoms with E-state index in [4.69, 9.17) is 10.5 Å². The lowest BCUT2D eigenvalue weighted by Gasteiger charge is -2.19. The topological polar surface area (TPSA) is 76.4 Å². The van der Waals surface area contributed by atoms with Gasteiger partial charge in [-0.25, -0.2) is 4.79 Å². The molecule has 2 unspecified atom stereocenters. The molecule has 4 N–H and O–H groups in total. The van der Waals surface area contributed by atoms with Crippen molar-refractivity contribution in [2.45, 2.75) is 38.0 Å². The molecule has 3 rings (SSSR count). The number of nitrogens with one attached hydrogen (secondary N) is 2. The average molecular weight is 275 g/mol. The summed E-state index contributed by atoms with van der Waals surface area (Å²) in [5.74, 6) is 0.642. The Kier molecular flexibility index (Phi) is 3.89. The normalized spacial score (nSPS) is 25.4. The van der Waals surface area contributed by atoms with Crippen molar-refractivity contribution in [1.82, 2.24) is 5.32 Å². The van der Waals surface area contributed by atoms with Crippen molar-refractivity contribution in [2.24, 2.45) is 11.7 Å². The predicted molar refractivity (Wildman–Crippen MR) is 77.4 cm³/mol. The van der Waals surface area contributed by atoms with Gasteiger partial charge in [-0.2, -0.15) is 0 Å². The molecule has 2 aliphatic rings. The number of carbonyl (C=O) groups is 1. The van der Waals surface area contributed by atoms with Gasteiger partial charge in [0.2, 0.25) is 0 Å². The molecule has 20 heavy (non-hydrogen) atoms. The molecule has 0 radical (unpaired) electrons. The standard InChI is InChI=1S/C15H21N3O2/c16-9-10-2-1-3-12(8-10)17-15(19)18-13-6-7-20-14(13)11-4-5-11/h1-3,8,11,13-14H,4-7,9,16H2,(H2,17,18,19). The number of amides is 2. The summed E-state index contributed by atoms with van der Waals surface area (Å²) < 4.78 is 5.72. The van der Waals surface area contributed by atoms with E-state index in [1.165, 1.54) is 12.8 Å². The second-order valence-corrected chi connectivity index (χ2v) is 5.57. The van der Waals surface area contributed by atoms with E-state index in [0.717, 1.165) is 24.3 Å². The third-order valence-corrected chi connectivity index (χ3v) is 3.96. The second kappa shape index (κ2) is 5.81. The van der Waals surface area contributed by atoms with Crippen LogP contribution in [-0.4, -0.2) is 24.8 Å². The summed E-state index contributed by atoms with van der Waals surface area (Å²) in [6.07, 6.45) is 3.56. The number of urea groups is 1. The number of hydrogen-bond acceptors (Lipinski definition) is 3. The Labute approximate surface area is 118 Å². The molecule has 2 atom stereocenters. The Morgan fingerprint density at radius 2 is 2.20 bits per heavy atom. The minimum Gasteiger partial charge on any atom is -0.376 e. The predicted octanol–water partition coefficient (Wildman–Crippen LogP) is 1.83. The monoisotopic (exact) mass is 275 g/mol. The third-order valence-electron chi connectivity index (χ3n) is 3.96. The van der Waals surface area contributed by atoms with Gasteiger partial charge in [-0.1, -0.05) is 12.1 Å². The molecule has 1 saturated heterocycles. The first kappa shape index (κ1) is 13.4. The van der Waals surface area contributed by atoms with Gasteiger partial charge >= 0.3 is 6.03 Å². The molecule has 2 amide bonds. The first-order chi connectivity index (χ1) is 9.76. The van der Waals surface area contributed by atoms with Gasteiger partial charge in [0.25, 0.3) is 0 Å². The summed E-state index contributed by atoms with van der Waals surface area (Å²) in [5.41, 5.74) is 7.37. The molecule has 5 nitrogen and oxygen atoms in total. The van der Waals surface area contributed by atoms with Crippen molar-refractivity contribution in [3.8, 4) is 0 Å². The summed E-state index contributed by atoms with van der Waals surface area (Å²) in [6, 6.07) is 7.56. The van der Waals surface area contributed by atoms with Gasteiger partial charge in [-0.05, 0) is 42.9 Å². The fourth-order valence-corrected chi connectivity index (χ4v) is 2.77. The van der Waals surface area contributed by atoms with Gasteiger partial charge in [0, 0.05) is 18.8 Å². The zero-order chi connectivity index (χ0) is 13.9. The molecular weight excluding hydrogens is 254 g/mol. The molecule has 0 aromatic heterocycles. The van der Waals surface area contributed by atoms with Crippen LogP contribution in [0, 0.1) is 5.92 Å². The number of rotatable bonds is 4. The lowest BCUT2D eigenvalue weighted by molar-refractivity contribution is 0.0829. The van der Waals surface area contributed by atoms with Gasteiger partial charge in [0.1, 0.15) is 0 Å². The Balaban J connectivity index is 1.56. The SMILES string of the molecule is NCc1cccc(NC(=O)NC2CCOC2C2CC2)c1. The number of ether oxygens (including phenoxy) is 1. The van der Waals surface area contributed by atoms with Crippen LogP contribution in [0.15, 0.2) is 24.3 Å². The van der Waals surface area contributed by atoms with Crippen LogP contribution in [0.2, 0.25) is 0 Å². The van der Waals surface area contributed by atoms with Crippen LogP contribution in [0.5, 0.6) is 0 Å². The largest absolute Gasteiger partial charge is 0.376 e. The van der Waals surface area contributed by atoms with Crippen molar-refractivity contribution in [3.63, 3.8) is 0 Å². The summed E-state index contributed by atoms with van der Waals surface area (Å²) >= 11 is 0. The van der Waals surface area contributed by atoms with Crippen LogP contribution in [0.3, 0.4) is 0 Å². The van der Waals surface area contributed by atoms with E-state index in [-0.39, 0.29) is 18.2 Å². The summed E-state index contributed by atoms with van der Waals surface area (Å²) in [4.78, 5) is 12.0. The molecule has 1 heterocycles. The van der Waals surface area contributed by atoms with Crippen LogP contribution in [0.25, 0.3) is 0 Å². The van der Waals surface area contributed by atoms with E-state index >= 15 is 0 Å². The third kappa shape index (κ3) is 3.11. The maximum Gasteiger partial charge on any atom is 0.319 e. The summed E-state index contributed by atoms with van der Waals surface area (Å²) in [6.45, 7) is 1.21. The van der Waals surface area contributed by atoms with Crippen molar-refractivity contribution in [1.29, 1.82) is 0 Å². The fraction of sp³-hybridized carbons (Fsp3) is 0.533. The summed E-state index contributed by atoms with van der Waals surface area (Å²) in [5, 5.41) is 5.89. The van der Waals surface area contributed by atoms with E-state index in [1.54, 1.807) is 0 Å². The smallest absolute Gasteiger partial charge is 0.319 e. The zero-order valence-corrected chi connectivity index (χ0v) is 11.5. The van der Waals surface area contributed by atoms with E-state index in [9.17, 15) is 4.79 Å². The number of hydrogen-bond donors (Lipinski definition) is 3. The highest BCUT2D eigenvalue weighted by molar-refractivity contribution is 5.89.